The lowest BCUT2D eigenvalue weighted by atomic mass is 9.79. The Labute approximate surface area is 134 Å². The quantitative estimate of drug-likeness (QED) is 0.685. The largest absolute Gasteiger partial charge is 0.489 e. The molecule has 0 unspecified atom stereocenters. The molecule has 0 atom stereocenters. The molecule has 0 N–H and O–H groups in total. The summed E-state index contributed by atoms with van der Waals surface area (Å²) >= 11 is 0. The molecular formula is C21H26O. The summed E-state index contributed by atoms with van der Waals surface area (Å²) in [6, 6.07) is 17.3. The molecule has 1 saturated carbocycles. The summed E-state index contributed by atoms with van der Waals surface area (Å²) in [5, 5.41) is 0. The Balaban J connectivity index is 1.56. The molecule has 1 fully saturated rings. The van der Waals surface area contributed by atoms with Gasteiger partial charge in [0.15, 0.2) is 0 Å². The Morgan fingerprint density at radius 2 is 1.50 bits per heavy atom. The number of ether oxygens (including phenoxy) is 1. The van der Waals surface area contributed by atoms with Crippen molar-refractivity contribution in [2.45, 2.75) is 52.1 Å². The van der Waals surface area contributed by atoms with Gasteiger partial charge < -0.3 is 4.74 Å². The van der Waals surface area contributed by atoms with Crippen LogP contribution in [-0.2, 0) is 6.61 Å². The first-order valence-electron chi connectivity index (χ1n) is 8.49. The highest BCUT2D eigenvalue weighted by Gasteiger charge is 2.19. The van der Waals surface area contributed by atoms with Gasteiger partial charge in [-0.15, -0.1) is 0 Å². The maximum absolute atomic E-state index is 5.85. The van der Waals surface area contributed by atoms with Crippen LogP contribution >= 0.6 is 0 Å². The van der Waals surface area contributed by atoms with Gasteiger partial charge in [-0.25, -0.2) is 0 Å². The van der Waals surface area contributed by atoms with Crippen LogP contribution in [0, 0.1) is 12.8 Å². The van der Waals surface area contributed by atoms with Crippen LogP contribution in [0.3, 0.4) is 0 Å². The topological polar surface area (TPSA) is 9.23 Å². The van der Waals surface area contributed by atoms with E-state index in [-0.39, 0.29) is 0 Å². The zero-order valence-corrected chi connectivity index (χ0v) is 13.7. The lowest BCUT2D eigenvalue weighted by Gasteiger charge is -2.26. The van der Waals surface area contributed by atoms with Gasteiger partial charge in [-0.1, -0.05) is 61.7 Å². The molecule has 0 bridgehead atoms. The van der Waals surface area contributed by atoms with Crippen LogP contribution in [0.5, 0.6) is 5.75 Å². The Morgan fingerprint density at radius 1 is 0.864 bits per heavy atom. The first-order valence-corrected chi connectivity index (χ1v) is 8.49. The minimum absolute atomic E-state index is 0.644. The van der Waals surface area contributed by atoms with Crippen LogP contribution < -0.4 is 4.74 Å². The molecule has 3 rings (SSSR count). The zero-order chi connectivity index (χ0) is 15.4. The van der Waals surface area contributed by atoms with Crippen molar-refractivity contribution in [2.75, 3.05) is 0 Å². The van der Waals surface area contributed by atoms with Gasteiger partial charge in [0.1, 0.15) is 12.4 Å². The first-order chi connectivity index (χ1) is 10.7. The fraction of sp³-hybridized carbons (Fsp3) is 0.429. The van der Waals surface area contributed by atoms with Crippen molar-refractivity contribution in [3.05, 3.63) is 65.2 Å². The monoisotopic (exact) mass is 294 g/mol. The molecule has 2 aromatic rings. The Hall–Kier alpha value is -1.76. The molecule has 0 aliphatic heterocycles. The fourth-order valence-corrected chi connectivity index (χ4v) is 3.28. The number of benzene rings is 2. The average molecular weight is 294 g/mol. The molecule has 116 valence electrons. The van der Waals surface area contributed by atoms with E-state index in [1.807, 2.05) is 12.1 Å². The van der Waals surface area contributed by atoms with E-state index in [0.29, 0.717) is 6.61 Å². The lowest BCUT2D eigenvalue weighted by Crippen LogP contribution is -2.10. The molecule has 0 saturated heterocycles. The SMILES string of the molecule is Cc1ccc(OCc2ccc(C3CCC(C)CC3)cc2)cc1. The average Bonchev–Trinajstić information content (AvgIpc) is 2.56. The van der Waals surface area contributed by atoms with Crippen molar-refractivity contribution in [1.29, 1.82) is 0 Å². The Morgan fingerprint density at radius 3 is 2.14 bits per heavy atom. The van der Waals surface area contributed by atoms with Crippen LogP contribution in [0.2, 0.25) is 0 Å². The van der Waals surface area contributed by atoms with Gasteiger partial charge in [0.05, 0.1) is 0 Å². The second kappa shape index (κ2) is 7.00. The molecule has 2 aromatic carbocycles. The van der Waals surface area contributed by atoms with Crippen molar-refractivity contribution in [3.63, 3.8) is 0 Å². The summed E-state index contributed by atoms with van der Waals surface area (Å²) in [7, 11) is 0. The second-order valence-electron chi connectivity index (χ2n) is 6.80. The van der Waals surface area contributed by atoms with Crippen LogP contribution in [0.25, 0.3) is 0 Å². The van der Waals surface area contributed by atoms with E-state index in [1.54, 1.807) is 0 Å². The van der Waals surface area contributed by atoms with E-state index in [1.165, 1.54) is 42.4 Å². The molecule has 0 radical (unpaired) electrons. The molecule has 22 heavy (non-hydrogen) atoms. The van der Waals surface area contributed by atoms with Gasteiger partial charge in [0.2, 0.25) is 0 Å². The molecule has 0 aromatic heterocycles. The second-order valence-corrected chi connectivity index (χ2v) is 6.80. The predicted molar refractivity (Wildman–Crippen MR) is 92.3 cm³/mol. The van der Waals surface area contributed by atoms with E-state index >= 15 is 0 Å². The van der Waals surface area contributed by atoms with Crippen molar-refractivity contribution in [1.82, 2.24) is 0 Å². The van der Waals surface area contributed by atoms with Crippen LogP contribution in [0.15, 0.2) is 48.5 Å². The minimum Gasteiger partial charge on any atom is -0.489 e. The van der Waals surface area contributed by atoms with E-state index in [4.69, 9.17) is 4.74 Å². The van der Waals surface area contributed by atoms with Gasteiger partial charge >= 0.3 is 0 Å². The third-order valence-corrected chi connectivity index (χ3v) is 4.89. The van der Waals surface area contributed by atoms with Crippen molar-refractivity contribution < 1.29 is 4.74 Å². The van der Waals surface area contributed by atoms with E-state index in [0.717, 1.165) is 17.6 Å². The van der Waals surface area contributed by atoms with E-state index in [2.05, 4.69) is 50.2 Å². The summed E-state index contributed by atoms with van der Waals surface area (Å²) in [6.07, 6.45) is 5.45. The van der Waals surface area contributed by atoms with Gasteiger partial charge in [-0.3, -0.25) is 0 Å². The Bertz CT molecular complexity index is 574. The Kier molecular flexibility index (Phi) is 4.82. The first kappa shape index (κ1) is 15.1. The molecule has 1 aliphatic carbocycles. The summed E-state index contributed by atoms with van der Waals surface area (Å²) in [5.41, 5.74) is 4.01. The molecular weight excluding hydrogens is 268 g/mol. The molecule has 0 amide bonds. The molecule has 1 heteroatoms. The highest BCUT2D eigenvalue weighted by atomic mass is 16.5. The van der Waals surface area contributed by atoms with Crippen molar-refractivity contribution >= 4 is 0 Å². The third kappa shape index (κ3) is 3.91. The molecule has 1 aliphatic rings. The van der Waals surface area contributed by atoms with Crippen molar-refractivity contribution in [3.8, 4) is 5.75 Å². The van der Waals surface area contributed by atoms with Crippen LogP contribution in [0.4, 0.5) is 0 Å². The smallest absolute Gasteiger partial charge is 0.119 e. The zero-order valence-electron chi connectivity index (χ0n) is 13.7. The number of hydrogen-bond donors (Lipinski definition) is 0. The number of aryl methyl sites for hydroxylation is 1. The summed E-state index contributed by atoms with van der Waals surface area (Å²) < 4.78 is 5.85. The maximum Gasteiger partial charge on any atom is 0.119 e. The fourth-order valence-electron chi connectivity index (χ4n) is 3.28. The van der Waals surface area contributed by atoms with Gasteiger partial charge in [0.25, 0.3) is 0 Å². The highest BCUT2D eigenvalue weighted by molar-refractivity contribution is 5.28. The molecule has 1 nitrogen and oxygen atoms in total. The van der Waals surface area contributed by atoms with Gasteiger partial charge in [-0.2, -0.15) is 0 Å². The summed E-state index contributed by atoms with van der Waals surface area (Å²) in [4.78, 5) is 0. The van der Waals surface area contributed by atoms with Crippen LogP contribution in [-0.4, -0.2) is 0 Å². The highest BCUT2D eigenvalue weighted by Crippen LogP contribution is 2.35. The van der Waals surface area contributed by atoms with Crippen LogP contribution in [0.1, 0.15) is 55.2 Å². The number of hydrogen-bond acceptors (Lipinski definition) is 1. The normalized spacial score (nSPS) is 21.5. The third-order valence-electron chi connectivity index (χ3n) is 4.89. The molecule has 0 heterocycles. The predicted octanol–water partition coefficient (Wildman–Crippen LogP) is 5.87. The summed E-state index contributed by atoms with van der Waals surface area (Å²) in [5.74, 6) is 2.62. The summed E-state index contributed by atoms with van der Waals surface area (Å²) in [6.45, 7) is 5.11. The van der Waals surface area contributed by atoms with Crippen molar-refractivity contribution in [2.24, 2.45) is 5.92 Å². The lowest BCUT2D eigenvalue weighted by molar-refractivity contribution is 0.306. The maximum atomic E-state index is 5.85. The minimum atomic E-state index is 0.644. The molecule has 0 spiro atoms. The van der Waals surface area contributed by atoms with Gasteiger partial charge in [0, 0.05) is 0 Å². The van der Waals surface area contributed by atoms with E-state index < -0.39 is 0 Å². The van der Waals surface area contributed by atoms with Gasteiger partial charge in [-0.05, 0) is 54.9 Å². The number of rotatable bonds is 4. The van der Waals surface area contributed by atoms with E-state index in [9.17, 15) is 0 Å². The standard InChI is InChI=1S/C21H26O/c1-16-3-9-19(10-4-16)20-11-7-18(8-12-20)15-22-21-13-5-17(2)6-14-21/h5-8,11-14,16,19H,3-4,9-10,15H2,1-2H3.